The average Bonchev–Trinajstić information content (AvgIpc) is 2.40. The summed E-state index contributed by atoms with van der Waals surface area (Å²) in [6, 6.07) is 6.92. The lowest BCUT2D eigenvalue weighted by Gasteiger charge is -2.18. The second-order valence-corrected chi connectivity index (χ2v) is 4.97. The van der Waals surface area contributed by atoms with Crippen LogP contribution in [0.1, 0.15) is 37.6 Å². The molecule has 1 aromatic rings. The van der Waals surface area contributed by atoms with Crippen LogP contribution in [-0.4, -0.2) is 24.3 Å². The van der Waals surface area contributed by atoms with Gasteiger partial charge in [-0.3, -0.25) is 0 Å². The van der Waals surface area contributed by atoms with E-state index >= 15 is 0 Å². The number of hydrogen-bond acceptors (Lipinski definition) is 4. The summed E-state index contributed by atoms with van der Waals surface area (Å²) in [4.78, 5) is 11.2. The molecule has 1 N–H and O–H groups in total. The quantitative estimate of drug-likeness (QED) is 0.828. The molecule has 20 heavy (non-hydrogen) atoms. The summed E-state index contributed by atoms with van der Waals surface area (Å²) in [6.07, 6.45) is 0.503. The Hall–Kier alpha value is -2.22. The lowest BCUT2D eigenvalue weighted by molar-refractivity contribution is 0.0690. The van der Waals surface area contributed by atoms with Gasteiger partial charge in [0.05, 0.1) is 24.7 Å². The molecule has 0 aromatic heterocycles. The van der Waals surface area contributed by atoms with Crippen LogP contribution in [0.25, 0.3) is 0 Å². The molecular weight excluding hydrogens is 258 g/mol. The third-order valence-corrected chi connectivity index (χ3v) is 2.79. The first-order valence-electron chi connectivity index (χ1n) is 6.44. The molecule has 0 fully saturated rings. The van der Waals surface area contributed by atoms with Crippen molar-refractivity contribution in [3.8, 4) is 17.6 Å². The van der Waals surface area contributed by atoms with E-state index in [9.17, 15) is 9.90 Å². The van der Waals surface area contributed by atoms with Crippen molar-refractivity contribution in [3.63, 3.8) is 0 Å². The topological polar surface area (TPSA) is 79.6 Å². The fraction of sp³-hybridized carbons (Fsp3) is 0.467. The minimum Gasteiger partial charge on any atom is -0.490 e. The fourth-order valence-corrected chi connectivity index (χ4v) is 1.57. The molecule has 0 saturated carbocycles. The van der Waals surface area contributed by atoms with Gasteiger partial charge in [-0.05, 0) is 39.3 Å². The number of nitrogens with zero attached hydrogens (tertiary/aromatic N) is 1. The van der Waals surface area contributed by atoms with Gasteiger partial charge in [0.2, 0.25) is 0 Å². The molecule has 0 aliphatic heterocycles. The van der Waals surface area contributed by atoms with Crippen LogP contribution in [0.5, 0.6) is 11.5 Å². The van der Waals surface area contributed by atoms with E-state index in [0.717, 1.165) is 0 Å². The molecule has 0 amide bonds. The van der Waals surface area contributed by atoms with Crippen molar-refractivity contribution in [2.45, 2.75) is 27.2 Å². The minimum absolute atomic E-state index is 0.0608. The number of carbonyl (C=O) groups is 1. The number of rotatable bonds is 7. The Kier molecular flexibility index (Phi) is 5.39. The SMILES string of the molecule is CCOc1cccc(C(=O)O)c1OCCC(C)(C)C#N. The molecule has 108 valence electrons. The maximum absolute atomic E-state index is 11.2. The van der Waals surface area contributed by atoms with Crippen LogP contribution in [0.3, 0.4) is 0 Å². The normalized spacial score (nSPS) is 10.7. The number of benzene rings is 1. The third-order valence-electron chi connectivity index (χ3n) is 2.79. The number of nitriles is 1. The highest BCUT2D eigenvalue weighted by molar-refractivity contribution is 5.92. The molecule has 0 heterocycles. The van der Waals surface area contributed by atoms with Gasteiger partial charge in [-0.25, -0.2) is 4.79 Å². The van der Waals surface area contributed by atoms with Gasteiger partial charge in [0.1, 0.15) is 5.56 Å². The van der Waals surface area contributed by atoms with Crippen molar-refractivity contribution >= 4 is 5.97 Å². The Balaban J connectivity index is 2.91. The molecular formula is C15H19NO4. The van der Waals surface area contributed by atoms with Gasteiger partial charge >= 0.3 is 5.97 Å². The van der Waals surface area contributed by atoms with Crippen molar-refractivity contribution in [1.82, 2.24) is 0 Å². The van der Waals surface area contributed by atoms with Gasteiger partial charge in [-0.1, -0.05) is 6.07 Å². The first-order chi connectivity index (χ1) is 9.41. The highest BCUT2D eigenvalue weighted by Gasteiger charge is 2.20. The third kappa shape index (κ3) is 4.16. The number of ether oxygens (including phenoxy) is 2. The summed E-state index contributed by atoms with van der Waals surface area (Å²) in [5, 5.41) is 18.1. The highest BCUT2D eigenvalue weighted by Crippen LogP contribution is 2.32. The molecule has 0 aliphatic rings. The van der Waals surface area contributed by atoms with Gasteiger partial charge in [0.15, 0.2) is 11.5 Å². The monoisotopic (exact) mass is 277 g/mol. The van der Waals surface area contributed by atoms with Crippen LogP contribution in [0.2, 0.25) is 0 Å². The van der Waals surface area contributed by atoms with Crippen molar-refractivity contribution in [2.24, 2.45) is 5.41 Å². The van der Waals surface area contributed by atoms with Crippen LogP contribution in [0, 0.1) is 16.7 Å². The summed E-state index contributed by atoms with van der Waals surface area (Å²) >= 11 is 0. The molecule has 0 saturated heterocycles. The zero-order valence-electron chi connectivity index (χ0n) is 12.0. The molecule has 0 bridgehead atoms. The van der Waals surface area contributed by atoms with Crippen molar-refractivity contribution in [1.29, 1.82) is 5.26 Å². The van der Waals surface area contributed by atoms with Crippen LogP contribution < -0.4 is 9.47 Å². The molecule has 0 radical (unpaired) electrons. The van der Waals surface area contributed by atoms with Crippen molar-refractivity contribution in [2.75, 3.05) is 13.2 Å². The smallest absolute Gasteiger partial charge is 0.339 e. The Bertz CT molecular complexity index is 517. The average molecular weight is 277 g/mol. The Labute approximate surface area is 118 Å². The largest absolute Gasteiger partial charge is 0.490 e. The second-order valence-electron chi connectivity index (χ2n) is 4.97. The van der Waals surface area contributed by atoms with E-state index in [0.29, 0.717) is 18.8 Å². The van der Waals surface area contributed by atoms with Gasteiger partial charge in [0, 0.05) is 0 Å². The van der Waals surface area contributed by atoms with Gasteiger partial charge in [-0.15, -0.1) is 0 Å². The lowest BCUT2D eigenvalue weighted by atomic mass is 9.92. The number of hydrogen-bond donors (Lipinski definition) is 1. The summed E-state index contributed by atoms with van der Waals surface area (Å²) in [7, 11) is 0. The molecule has 5 nitrogen and oxygen atoms in total. The molecule has 0 aliphatic carbocycles. The summed E-state index contributed by atoms with van der Waals surface area (Å²) in [6.45, 7) is 6.11. The number of carboxylic acids is 1. The van der Waals surface area contributed by atoms with Crippen LogP contribution >= 0.6 is 0 Å². The maximum atomic E-state index is 11.2. The molecule has 0 spiro atoms. The van der Waals surface area contributed by atoms with Crippen molar-refractivity contribution in [3.05, 3.63) is 23.8 Å². The van der Waals surface area contributed by atoms with Crippen molar-refractivity contribution < 1.29 is 19.4 Å². The highest BCUT2D eigenvalue weighted by atomic mass is 16.5. The molecule has 1 aromatic carbocycles. The first kappa shape index (κ1) is 15.8. The van der Waals surface area contributed by atoms with Gasteiger partial charge in [-0.2, -0.15) is 5.26 Å². The van der Waals surface area contributed by atoms with E-state index in [1.54, 1.807) is 12.1 Å². The molecule has 0 atom stereocenters. The Morgan fingerprint density at radius 1 is 1.40 bits per heavy atom. The predicted molar refractivity (Wildman–Crippen MR) is 74.1 cm³/mol. The first-order valence-corrected chi connectivity index (χ1v) is 6.44. The fourth-order valence-electron chi connectivity index (χ4n) is 1.57. The summed E-state index contributed by atoms with van der Waals surface area (Å²) in [5.74, 6) is -0.446. The van der Waals surface area contributed by atoms with E-state index in [4.69, 9.17) is 14.7 Å². The van der Waals surface area contributed by atoms with Gasteiger partial charge in [0.25, 0.3) is 0 Å². The number of para-hydroxylation sites is 1. The Morgan fingerprint density at radius 2 is 2.10 bits per heavy atom. The van der Waals surface area contributed by atoms with E-state index in [-0.39, 0.29) is 17.9 Å². The molecule has 1 rings (SSSR count). The van der Waals surface area contributed by atoms with Gasteiger partial charge < -0.3 is 14.6 Å². The van der Waals surface area contributed by atoms with E-state index in [2.05, 4.69) is 6.07 Å². The minimum atomic E-state index is -1.07. The summed E-state index contributed by atoms with van der Waals surface area (Å²) < 4.78 is 10.9. The molecule has 5 heteroatoms. The zero-order chi connectivity index (χ0) is 15.2. The predicted octanol–water partition coefficient (Wildman–Crippen LogP) is 3.10. The standard InChI is InChI=1S/C15H19NO4/c1-4-19-12-7-5-6-11(14(17)18)13(12)20-9-8-15(2,3)10-16/h5-7H,4,8-9H2,1-3H3,(H,17,18). The number of carboxylic acid groups (broad SMARTS) is 1. The maximum Gasteiger partial charge on any atom is 0.339 e. The van der Waals surface area contributed by atoms with E-state index < -0.39 is 11.4 Å². The van der Waals surface area contributed by atoms with Crippen LogP contribution in [0.15, 0.2) is 18.2 Å². The van der Waals surface area contributed by atoms with Crippen LogP contribution in [0.4, 0.5) is 0 Å². The second kappa shape index (κ2) is 6.80. The lowest BCUT2D eigenvalue weighted by Crippen LogP contribution is -2.14. The number of aromatic carboxylic acids is 1. The van der Waals surface area contributed by atoms with Crippen LogP contribution in [-0.2, 0) is 0 Å². The molecule has 0 unspecified atom stereocenters. The van der Waals surface area contributed by atoms with E-state index in [1.165, 1.54) is 6.07 Å². The summed E-state index contributed by atoms with van der Waals surface area (Å²) in [5.41, 5.74) is -0.449. The van der Waals surface area contributed by atoms with E-state index in [1.807, 2.05) is 20.8 Å². The Morgan fingerprint density at radius 3 is 2.65 bits per heavy atom. The zero-order valence-corrected chi connectivity index (χ0v) is 12.0.